The zero-order valence-electron chi connectivity index (χ0n) is 13.3. The minimum Gasteiger partial charge on any atom is -0.347 e. The van der Waals surface area contributed by atoms with Crippen molar-refractivity contribution in [3.8, 4) is 0 Å². The number of carbonyl (C=O) groups is 1. The number of amides is 1. The molecule has 122 valence electrons. The Hall–Kier alpha value is -2.40. The molecule has 1 aliphatic rings. The molecule has 0 spiro atoms. The fourth-order valence-electron chi connectivity index (χ4n) is 3.13. The van der Waals surface area contributed by atoms with Gasteiger partial charge in [0.05, 0.1) is 16.1 Å². The van der Waals surface area contributed by atoms with E-state index in [4.69, 9.17) is 4.98 Å². The highest BCUT2D eigenvalue weighted by Crippen LogP contribution is 2.31. The number of benzene rings is 2. The van der Waals surface area contributed by atoms with Crippen LogP contribution in [0.1, 0.15) is 12.8 Å². The number of hydrogen-bond acceptors (Lipinski definition) is 4. The van der Waals surface area contributed by atoms with Crippen LogP contribution in [-0.2, 0) is 4.79 Å². The maximum atomic E-state index is 12.6. The molecule has 0 radical (unpaired) electrons. The van der Waals surface area contributed by atoms with E-state index in [0.717, 1.165) is 42.3 Å². The molecule has 24 heavy (non-hydrogen) atoms. The number of anilines is 2. The van der Waals surface area contributed by atoms with Gasteiger partial charge in [-0.25, -0.2) is 4.98 Å². The second kappa shape index (κ2) is 6.61. The molecule has 0 aliphatic carbocycles. The average molecular weight is 337 g/mol. The second-order valence-electron chi connectivity index (χ2n) is 6.10. The van der Waals surface area contributed by atoms with Crippen molar-refractivity contribution < 1.29 is 4.79 Å². The fraction of sp³-hybridized carbons (Fsp3) is 0.263. The highest BCUT2D eigenvalue weighted by molar-refractivity contribution is 7.22. The molecule has 4 nitrogen and oxygen atoms in total. The van der Waals surface area contributed by atoms with Gasteiger partial charge in [0.15, 0.2) is 5.13 Å². The standard InChI is InChI=1S/C19H19N3OS/c23-18(20-15-8-2-1-3-9-15)14-7-6-12-22(13-14)19-21-16-10-4-5-11-17(16)24-19/h1-5,8-11,14H,6-7,12-13H2,(H,20,23). The molecule has 4 rings (SSSR count). The van der Waals surface area contributed by atoms with Gasteiger partial charge in [0.2, 0.25) is 5.91 Å². The smallest absolute Gasteiger partial charge is 0.229 e. The number of aromatic nitrogens is 1. The number of nitrogens with zero attached hydrogens (tertiary/aromatic N) is 2. The average Bonchev–Trinajstić information content (AvgIpc) is 3.07. The summed E-state index contributed by atoms with van der Waals surface area (Å²) >= 11 is 1.70. The Morgan fingerprint density at radius 3 is 2.75 bits per heavy atom. The van der Waals surface area contributed by atoms with E-state index in [1.54, 1.807) is 11.3 Å². The predicted octanol–water partition coefficient (Wildman–Crippen LogP) is 4.15. The third-order valence-electron chi connectivity index (χ3n) is 4.39. The van der Waals surface area contributed by atoms with Crippen LogP contribution in [0.2, 0.25) is 0 Å². The van der Waals surface area contributed by atoms with Crippen LogP contribution in [0.3, 0.4) is 0 Å². The summed E-state index contributed by atoms with van der Waals surface area (Å²) < 4.78 is 1.20. The third kappa shape index (κ3) is 3.12. The summed E-state index contributed by atoms with van der Waals surface area (Å²) in [4.78, 5) is 19.5. The van der Waals surface area contributed by atoms with Crippen molar-refractivity contribution in [3.05, 3.63) is 54.6 Å². The molecular weight excluding hydrogens is 318 g/mol. The van der Waals surface area contributed by atoms with Gasteiger partial charge in [0.1, 0.15) is 0 Å². The van der Waals surface area contributed by atoms with Crippen molar-refractivity contribution in [2.75, 3.05) is 23.3 Å². The lowest BCUT2D eigenvalue weighted by atomic mass is 9.97. The van der Waals surface area contributed by atoms with Crippen LogP contribution in [0, 0.1) is 5.92 Å². The fourth-order valence-corrected chi connectivity index (χ4v) is 4.13. The molecule has 1 N–H and O–H groups in total. The molecule has 2 heterocycles. The van der Waals surface area contributed by atoms with Gasteiger partial charge in [-0.2, -0.15) is 0 Å². The number of fused-ring (bicyclic) bond motifs is 1. The van der Waals surface area contributed by atoms with Crippen LogP contribution < -0.4 is 10.2 Å². The first-order valence-corrected chi connectivity index (χ1v) is 9.08. The molecule has 1 atom stereocenters. The highest BCUT2D eigenvalue weighted by Gasteiger charge is 2.27. The van der Waals surface area contributed by atoms with E-state index in [2.05, 4.69) is 16.3 Å². The highest BCUT2D eigenvalue weighted by atomic mass is 32.1. The van der Waals surface area contributed by atoms with E-state index in [9.17, 15) is 4.79 Å². The summed E-state index contributed by atoms with van der Waals surface area (Å²) in [5.74, 6) is 0.109. The largest absolute Gasteiger partial charge is 0.347 e. The van der Waals surface area contributed by atoms with Gasteiger partial charge < -0.3 is 10.2 Å². The number of hydrogen-bond donors (Lipinski definition) is 1. The quantitative estimate of drug-likeness (QED) is 0.781. The Labute approximate surface area is 145 Å². The number of para-hydroxylation sites is 2. The topological polar surface area (TPSA) is 45.2 Å². The second-order valence-corrected chi connectivity index (χ2v) is 7.11. The lowest BCUT2D eigenvalue weighted by Gasteiger charge is -2.31. The summed E-state index contributed by atoms with van der Waals surface area (Å²) in [7, 11) is 0. The monoisotopic (exact) mass is 337 g/mol. The van der Waals surface area contributed by atoms with Crippen LogP contribution in [-0.4, -0.2) is 24.0 Å². The van der Waals surface area contributed by atoms with Gasteiger partial charge in [-0.05, 0) is 37.1 Å². The van der Waals surface area contributed by atoms with Crippen molar-refractivity contribution in [3.63, 3.8) is 0 Å². The molecular formula is C19H19N3OS. The molecule has 1 fully saturated rings. The van der Waals surface area contributed by atoms with Crippen LogP contribution >= 0.6 is 11.3 Å². The molecule has 0 saturated carbocycles. The Bertz CT molecular complexity index is 813. The molecule has 1 saturated heterocycles. The van der Waals surface area contributed by atoms with Gasteiger partial charge in [0, 0.05) is 18.8 Å². The Morgan fingerprint density at radius 1 is 1.12 bits per heavy atom. The number of nitrogens with one attached hydrogen (secondary N) is 1. The lowest BCUT2D eigenvalue weighted by Crippen LogP contribution is -2.40. The summed E-state index contributed by atoms with van der Waals surface area (Å²) in [6, 6.07) is 17.9. The summed E-state index contributed by atoms with van der Waals surface area (Å²) in [6.45, 7) is 1.70. The molecule has 1 amide bonds. The zero-order valence-corrected chi connectivity index (χ0v) is 14.1. The number of piperidine rings is 1. The first kappa shape index (κ1) is 15.1. The predicted molar refractivity (Wildman–Crippen MR) is 99.6 cm³/mol. The van der Waals surface area contributed by atoms with Gasteiger partial charge >= 0.3 is 0 Å². The summed E-state index contributed by atoms with van der Waals surface area (Å²) in [6.07, 6.45) is 1.95. The van der Waals surface area contributed by atoms with Crippen molar-refractivity contribution in [2.24, 2.45) is 5.92 Å². The molecule has 1 unspecified atom stereocenters. The SMILES string of the molecule is O=C(Nc1ccccc1)C1CCCN(c2nc3ccccc3s2)C1. The van der Waals surface area contributed by atoms with E-state index in [1.807, 2.05) is 48.5 Å². The zero-order chi connectivity index (χ0) is 16.4. The minimum atomic E-state index is 0.00553. The van der Waals surface area contributed by atoms with Crippen LogP contribution in [0.15, 0.2) is 54.6 Å². The number of carbonyl (C=O) groups excluding carboxylic acids is 1. The lowest BCUT2D eigenvalue weighted by molar-refractivity contribution is -0.120. The van der Waals surface area contributed by atoms with E-state index in [1.165, 1.54) is 4.70 Å². The Kier molecular flexibility index (Phi) is 4.17. The third-order valence-corrected chi connectivity index (χ3v) is 5.48. The van der Waals surface area contributed by atoms with E-state index >= 15 is 0 Å². The van der Waals surface area contributed by atoms with Crippen molar-refractivity contribution in [1.82, 2.24) is 4.98 Å². The number of rotatable bonds is 3. The first-order chi connectivity index (χ1) is 11.8. The van der Waals surface area contributed by atoms with Crippen LogP contribution in [0.5, 0.6) is 0 Å². The molecule has 2 aromatic carbocycles. The molecule has 0 bridgehead atoms. The maximum absolute atomic E-state index is 12.6. The number of thiazole rings is 1. The van der Waals surface area contributed by atoms with Crippen molar-refractivity contribution in [2.45, 2.75) is 12.8 Å². The molecule has 1 aromatic heterocycles. The Morgan fingerprint density at radius 2 is 1.92 bits per heavy atom. The van der Waals surface area contributed by atoms with Crippen LogP contribution in [0.25, 0.3) is 10.2 Å². The first-order valence-electron chi connectivity index (χ1n) is 8.26. The van der Waals surface area contributed by atoms with E-state index < -0.39 is 0 Å². The summed E-state index contributed by atoms with van der Waals surface area (Å²) in [5.41, 5.74) is 1.90. The van der Waals surface area contributed by atoms with E-state index in [-0.39, 0.29) is 11.8 Å². The Balaban J connectivity index is 1.48. The molecule has 5 heteroatoms. The normalized spacial score (nSPS) is 17.8. The van der Waals surface area contributed by atoms with Gasteiger partial charge in [-0.15, -0.1) is 0 Å². The molecule has 1 aliphatic heterocycles. The van der Waals surface area contributed by atoms with Gasteiger partial charge in [0.25, 0.3) is 0 Å². The van der Waals surface area contributed by atoms with Gasteiger partial charge in [-0.3, -0.25) is 4.79 Å². The minimum absolute atomic E-state index is 0.00553. The van der Waals surface area contributed by atoms with Crippen molar-refractivity contribution >= 4 is 38.3 Å². The summed E-state index contributed by atoms with van der Waals surface area (Å²) in [5, 5.41) is 4.05. The van der Waals surface area contributed by atoms with Gasteiger partial charge in [-0.1, -0.05) is 41.7 Å². The molecule has 3 aromatic rings. The van der Waals surface area contributed by atoms with Crippen molar-refractivity contribution in [1.29, 1.82) is 0 Å². The van der Waals surface area contributed by atoms with E-state index in [0.29, 0.717) is 0 Å². The maximum Gasteiger partial charge on any atom is 0.229 e. The van der Waals surface area contributed by atoms with Crippen LogP contribution in [0.4, 0.5) is 10.8 Å².